The van der Waals surface area contributed by atoms with Crippen molar-refractivity contribution in [2.75, 3.05) is 33.8 Å². The Balaban J connectivity index is 1.49. The fourth-order valence-electron chi connectivity index (χ4n) is 3.75. The van der Waals surface area contributed by atoms with Crippen molar-refractivity contribution in [2.24, 2.45) is 0 Å². The van der Waals surface area contributed by atoms with Crippen LogP contribution in [-0.2, 0) is 17.8 Å². The molecule has 0 N–H and O–H groups in total. The van der Waals surface area contributed by atoms with Crippen LogP contribution in [0.4, 0.5) is 0 Å². The Morgan fingerprint density at radius 1 is 1.26 bits per heavy atom. The van der Waals surface area contributed by atoms with Crippen molar-refractivity contribution in [3.8, 4) is 0 Å². The average Bonchev–Trinajstić information content (AvgIpc) is 3.17. The van der Waals surface area contributed by atoms with Crippen LogP contribution in [0.2, 0.25) is 0 Å². The number of hydrogen-bond acceptors (Lipinski definition) is 4. The van der Waals surface area contributed by atoms with Crippen LogP contribution in [0.25, 0.3) is 0 Å². The van der Waals surface area contributed by atoms with Gasteiger partial charge in [-0.15, -0.1) is 0 Å². The SMILES string of the molecule is COCc1ccc(C(=O)N(C)C2CCCN(CCCc3ccccc3)C2)o1. The maximum Gasteiger partial charge on any atom is 0.289 e. The molecule has 0 spiro atoms. The standard InChI is InChI=1S/C22H30N2O3/c1-23(22(25)21-13-12-20(27-21)17-26-2)19-11-7-15-24(16-19)14-6-10-18-8-4-3-5-9-18/h3-5,8-9,12-13,19H,6-7,10-11,14-17H2,1-2H3. The average molecular weight is 370 g/mol. The summed E-state index contributed by atoms with van der Waals surface area (Å²) in [4.78, 5) is 17.1. The summed E-state index contributed by atoms with van der Waals surface area (Å²) >= 11 is 0. The maximum absolute atomic E-state index is 12.7. The van der Waals surface area contributed by atoms with Gasteiger partial charge in [0.2, 0.25) is 0 Å². The third kappa shape index (κ3) is 5.44. The molecule has 0 saturated carbocycles. The highest BCUT2D eigenvalue weighted by atomic mass is 16.5. The maximum atomic E-state index is 12.7. The Hall–Kier alpha value is -2.11. The molecule has 1 aliphatic rings. The first kappa shape index (κ1) is 19.6. The largest absolute Gasteiger partial charge is 0.453 e. The third-order valence-electron chi connectivity index (χ3n) is 5.29. The lowest BCUT2D eigenvalue weighted by molar-refractivity contribution is 0.0581. The molecule has 2 aromatic rings. The lowest BCUT2D eigenvalue weighted by atomic mass is 10.0. The molecule has 0 aliphatic carbocycles. The number of ether oxygens (including phenoxy) is 1. The summed E-state index contributed by atoms with van der Waals surface area (Å²) in [5.41, 5.74) is 1.39. The van der Waals surface area contributed by atoms with Gasteiger partial charge in [0.05, 0.1) is 0 Å². The quantitative estimate of drug-likeness (QED) is 0.712. The predicted molar refractivity (Wildman–Crippen MR) is 106 cm³/mol. The number of furan rings is 1. The molecule has 1 fully saturated rings. The summed E-state index contributed by atoms with van der Waals surface area (Å²) in [5.74, 6) is 1.03. The molecule has 1 amide bonds. The van der Waals surface area contributed by atoms with Gasteiger partial charge in [-0.1, -0.05) is 30.3 Å². The second kappa shape index (κ2) is 9.72. The third-order valence-corrected chi connectivity index (χ3v) is 5.29. The van der Waals surface area contributed by atoms with Gasteiger partial charge in [-0.05, 0) is 56.5 Å². The second-order valence-corrected chi connectivity index (χ2v) is 7.30. The summed E-state index contributed by atoms with van der Waals surface area (Å²) in [7, 11) is 3.50. The molecule has 27 heavy (non-hydrogen) atoms. The highest BCUT2D eigenvalue weighted by Gasteiger charge is 2.27. The monoisotopic (exact) mass is 370 g/mol. The topological polar surface area (TPSA) is 45.9 Å². The van der Waals surface area contributed by atoms with Gasteiger partial charge in [0.1, 0.15) is 12.4 Å². The van der Waals surface area contributed by atoms with Gasteiger partial charge in [-0.2, -0.15) is 0 Å². The first-order valence-corrected chi connectivity index (χ1v) is 9.78. The van der Waals surface area contributed by atoms with Gasteiger partial charge in [0.25, 0.3) is 5.91 Å². The highest BCUT2D eigenvalue weighted by molar-refractivity contribution is 5.91. The number of hydrogen-bond donors (Lipinski definition) is 0. The van der Waals surface area contributed by atoms with Crippen LogP contribution in [0.15, 0.2) is 46.9 Å². The molecule has 0 bridgehead atoms. The van der Waals surface area contributed by atoms with Crippen LogP contribution in [0.5, 0.6) is 0 Å². The number of carbonyl (C=O) groups excluding carboxylic acids is 1. The summed E-state index contributed by atoms with van der Waals surface area (Å²) < 4.78 is 10.7. The van der Waals surface area contributed by atoms with Crippen molar-refractivity contribution in [1.29, 1.82) is 0 Å². The highest BCUT2D eigenvalue weighted by Crippen LogP contribution is 2.19. The Labute approximate surface area is 161 Å². The molecule has 5 heteroatoms. The molecule has 1 unspecified atom stereocenters. The molecule has 1 aromatic heterocycles. The van der Waals surface area contributed by atoms with E-state index in [1.807, 2.05) is 11.9 Å². The van der Waals surface area contributed by atoms with Gasteiger partial charge in [-0.3, -0.25) is 4.79 Å². The zero-order valence-electron chi connectivity index (χ0n) is 16.4. The number of likely N-dealkylation sites (tertiary alicyclic amines) is 1. The first-order chi connectivity index (χ1) is 13.2. The predicted octanol–water partition coefficient (Wildman–Crippen LogP) is 3.60. The number of piperidine rings is 1. The minimum absolute atomic E-state index is 0.0477. The van der Waals surface area contributed by atoms with E-state index in [4.69, 9.17) is 9.15 Å². The number of carbonyl (C=O) groups is 1. The van der Waals surface area contributed by atoms with Crippen LogP contribution in [-0.4, -0.2) is 55.5 Å². The molecule has 146 valence electrons. The van der Waals surface area contributed by atoms with Crippen molar-refractivity contribution in [2.45, 2.75) is 38.3 Å². The van der Waals surface area contributed by atoms with E-state index in [-0.39, 0.29) is 11.9 Å². The number of methoxy groups -OCH3 is 1. The fraction of sp³-hybridized carbons (Fsp3) is 0.500. The minimum Gasteiger partial charge on any atom is -0.453 e. The smallest absolute Gasteiger partial charge is 0.289 e. The number of benzene rings is 1. The van der Waals surface area contributed by atoms with E-state index in [1.165, 1.54) is 5.56 Å². The molecule has 1 aromatic carbocycles. The van der Waals surface area contributed by atoms with Gasteiger partial charge in [0.15, 0.2) is 5.76 Å². The van der Waals surface area contributed by atoms with Crippen LogP contribution in [0, 0.1) is 0 Å². The summed E-state index contributed by atoms with van der Waals surface area (Å²) in [6.45, 7) is 3.51. The van der Waals surface area contributed by atoms with Crippen molar-refractivity contribution >= 4 is 5.91 Å². The molecule has 1 atom stereocenters. The normalized spacial score (nSPS) is 17.8. The number of likely N-dealkylation sites (N-methyl/N-ethyl adjacent to an activating group) is 1. The molecule has 5 nitrogen and oxygen atoms in total. The lowest BCUT2D eigenvalue weighted by Crippen LogP contribution is -2.48. The molecular formula is C22H30N2O3. The van der Waals surface area contributed by atoms with Crippen LogP contribution >= 0.6 is 0 Å². The molecular weight excluding hydrogens is 340 g/mol. The number of nitrogens with zero attached hydrogens (tertiary/aromatic N) is 2. The molecule has 1 aliphatic heterocycles. The van der Waals surface area contributed by atoms with E-state index in [9.17, 15) is 4.79 Å². The van der Waals surface area contributed by atoms with E-state index in [0.29, 0.717) is 18.1 Å². The Bertz CT molecular complexity index is 713. The van der Waals surface area contributed by atoms with Crippen LogP contribution < -0.4 is 0 Å². The van der Waals surface area contributed by atoms with Crippen molar-refractivity contribution in [3.63, 3.8) is 0 Å². The zero-order chi connectivity index (χ0) is 19.1. The van der Waals surface area contributed by atoms with Crippen molar-refractivity contribution in [1.82, 2.24) is 9.80 Å². The van der Waals surface area contributed by atoms with Crippen LogP contribution in [0.1, 0.15) is 41.1 Å². The summed E-state index contributed by atoms with van der Waals surface area (Å²) in [6.07, 6.45) is 4.42. The summed E-state index contributed by atoms with van der Waals surface area (Å²) in [6, 6.07) is 14.4. The molecule has 1 saturated heterocycles. The van der Waals surface area contributed by atoms with Crippen molar-refractivity contribution < 1.29 is 13.9 Å². The van der Waals surface area contributed by atoms with E-state index in [0.717, 1.165) is 45.3 Å². The molecule has 2 heterocycles. The molecule has 3 rings (SSSR count). The Morgan fingerprint density at radius 2 is 2.07 bits per heavy atom. The first-order valence-electron chi connectivity index (χ1n) is 9.78. The fourth-order valence-corrected chi connectivity index (χ4v) is 3.75. The van der Waals surface area contributed by atoms with Crippen LogP contribution in [0.3, 0.4) is 0 Å². The van der Waals surface area contributed by atoms with Crippen molar-refractivity contribution in [3.05, 3.63) is 59.5 Å². The van der Waals surface area contributed by atoms with E-state index >= 15 is 0 Å². The number of aryl methyl sites for hydroxylation is 1. The number of amides is 1. The van der Waals surface area contributed by atoms with Gasteiger partial charge >= 0.3 is 0 Å². The van der Waals surface area contributed by atoms with Gasteiger partial charge in [0, 0.05) is 26.7 Å². The molecule has 0 radical (unpaired) electrons. The minimum atomic E-state index is -0.0477. The van der Waals surface area contributed by atoms with Gasteiger partial charge < -0.3 is 19.0 Å². The summed E-state index contributed by atoms with van der Waals surface area (Å²) in [5, 5.41) is 0. The lowest BCUT2D eigenvalue weighted by Gasteiger charge is -2.37. The zero-order valence-corrected chi connectivity index (χ0v) is 16.4. The Morgan fingerprint density at radius 3 is 2.85 bits per heavy atom. The van der Waals surface area contributed by atoms with Gasteiger partial charge in [-0.25, -0.2) is 0 Å². The second-order valence-electron chi connectivity index (χ2n) is 7.30. The van der Waals surface area contributed by atoms with E-state index in [2.05, 4.69) is 35.2 Å². The number of rotatable bonds is 8. The Kier molecular flexibility index (Phi) is 7.07. The van der Waals surface area contributed by atoms with E-state index < -0.39 is 0 Å². The van der Waals surface area contributed by atoms with E-state index in [1.54, 1.807) is 19.2 Å².